The molecule has 1 aromatic carbocycles. The van der Waals surface area contributed by atoms with Crippen LogP contribution in [-0.2, 0) is 6.54 Å². The highest BCUT2D eigenvalue weighted by Crippen LogP contribution is 2.22. The molecule has 2 nitrogen and oxygen atoms in total. The van der Waals surface area contributed by atoms with Crippen LogP contribution in [0.2, 0.25) is 0 Å². The molecule has 1 N–H and O–H groups in total. The second kappa shape index (κ2) is 7.01. The standard InChI is InChI=1S/C13H18FNO/c1-3-5-9-16-13-11(10-15-4-2)7-6-8-12(13)14/h3,6-8,15H,1,4-5,9-10H2,2H3. The van der Waals surface area contributed by atoms with Crippen molar-refractivity contribution >= 4 is 0 Å². The summed E-state index contributed by atoms with van der Waals surface area (Å²) in [6, 6.07) is 4.98. The molecule has 0 fully saturated rings. The Morgan fingerprint density at radius 1 is 1.50 bits per heavy atom. The van der Waals surface area contributed by atoms with E-state index in [0.29, 0.717) is 18.9 Å². The first kappa shape index (κ1) is 12.7. The highest BCUT2D eigenvalue weighted by atomic mass is 19.1. The van der Waals surface area contributed by atoms with Gasteiger partial charge in [-0.3, -0.25) is 0 Å². The molecule has 0 aliphatic rings. The van der Waals surface area contributed by atoms with E-state index in [4.69, 9.17) is 4.74 Å². The minimum atomic E-state index is -0.306. The quantitative estimate of drug-likeness (QED) is 0.567. The number of nitrogens with one attached hydrogen (secondary N) is 1. The number of ether oxygens (including phenoxy) is 1. The van der Waals surface area contributed by atoms with Crippen LogP contribution in [0.1, 0.15) is 18.9 Å². The number of halogens is 1. The van der Waals surface area contributed by atoms with Crippen molar-refractivity contribution in [3.05, 3.63) is 42.2 Å². The van der Waals surface area contributed by atoms with Gasteiger partial charge in [0, 0.05) is 12.1 Å². The molecule has 1 aromatic rings. The third-order valence-corrected chi connectivity index (χ3v) is 2.18. The smallest absolute Gasteiger partial charge is 0.165 e. The predicted octanol–water partition coefficient (Wildman–Crippen LogP) is 2.89. The van der Waals surface area contributed by atoms with Crippen molar-refractivity contribution < 1.29 is 9.13 Å². The van der Waals surface area contributed by atoms with Crippen LogP contribution in [0.25, 0.3) is 0 Å². The fourth-order valence-corrected chi connectivity index (χ4v) is 1.36. The molecule has 0 bridgehead atoms. The lowest BCUT2D eigenvalue weighted by Crippen LogP contribution is -2.13. The molecule has 0 saturated heterocycles. The summed E-state index contributed by atoms with van der Waals surface area (Å²) < 4.78 is 18.9. The summed E-state index contributed by atoms with van der Waals surface area (Å²) in [5, 5.41) is 3.16. The van der Waals surface area contributed by atoms with Crippen molar-refractivity contribution in [2.45, 2.75) is 19.9 Å². The number of hydrogen-bond donors (Lipinski definition) is 1. The molecule has 88 valence electrons. The molecular weight excluding hydrogens is 205 g/mol. The van der Waals surface area contributed by atoms with Crippen LogP contribution >= 0.6 is 0 Å². The highest BCUT2D eigenvalue weighted by Gasteiger charge is 2.08. The third-order valence-electron chi connectivity index (χ3n) is 2.18. The summed E-state index contributed by atoms with van der Waals surface area (Å²) in [6.45, 7) is 7.55. The highest BCUT2D eigenvalue weighted by molar-refractivity contribution is 5.34. The van der Waals surface area contributed by atoms with Gasteiger partial charge in [-0.05, 0) is 19.0 Å². The molecular formula is C13H18FNO. The van der Waals surface area contributed by atoms with E-state index in [0.717, 1.165) is 18.5 Å². The first-order valence-electron chi connectivity index (χ1n) is 5.51. The van der Waals surface area contributed by atoms with Crippen LogP contribution in [0.15, 0.2) is 30.9 Å². The lowest BCUT2D eigenvalue weighted by atomic mass is 10.2. The van der Waals surface area contributed by atoms with Gasteiger partial charge in [-0.1, -0.05) is 25.1 Å². The lowest BCUT2D eigenvalue weighted by molar-refractivity contribution is 0.303. The van der Waals surface area contributed by atoms with Crippen molar-refractivity contribution in [2.75, 3.05) is 13.2 Å². The lowest BCUT2D eigenvalue weighted by Gasteiger charge is -2.11. The molecule has 0 saturated carbocycles. The van der Waals surface area contributed by atoms with Gasteiger partial charge in [0.2, 0.25) is 0 Å². The van der Waals surface area contributed by atoms with Crippen LogP contribution in [0.4, 0.5) is 4.39 Å². The van der Waals surface area contributed by atoms with Gasteiger partial charge in [-0.25, -0.2) is 4.39 Å². The molecule has 0 atom stereocenters. The van der Waals surface area contributed by atoms with E-state index in [-0.39, 0.29) is 5.82 Å². The molecule has 0 heterocycles. The molecule has 0 aliphatic carbocycles. The van der Waals surface area contributed by atoms with Crippen LogP contribution in [0.3, 0.4) is 0 Å². The summed E-state index contributed by atoms with van der Waals surface area (Å²) in [7, 11) is 0. The van der Waals surface area contributed by atoms with E-state index in [2.05, 4.69) is 11.9 Å². The Balaban J connectivity index is 2.72. The van der Waals surface area contributed by atoms with Gasteiger partial charge in [0.1, 0.15) is 0 Å². The van der Waals surface area contributed by atoms with E-state index < -0.39 is 0 Å². The van der Waals surface area contributed by atoms with Crippen LogP contribution in [0.5, 0.6) is 5.75 Å². The molecule has 0 radical (unpaired) electrons. The first-order valence-corrected chi connectivity index (χ1v) is 5.51. The Hall–Kier alpha value is -1.35. The van der Waals surface area contributed by atoms with Crippen LogP contribution in [-0.4, -0.2) is 13.2 Å². The van der Waals surface area contributed by atoms with Crippen LogP contribution < -0.4 is 10.1 Å². The first-order chi connectivity index (χ1) is 7.79. The number of hydrogen-bond acceptors (Lipinski definition) is 2. The molecule has 3 heteroatoms. The topological polar surface area (TPSA) is 21.3 Å². The van der Waals surface area contributed by atoms with Crippen molar-refractivity contribution in [2.24, 2.45) is 0 Å². The number of para-hydroxylation sites is 1. The number of benzene rings is 1. The Bertz CT molecular complexity index is 339. The minimum absolute atomic E-state index is 0.306. The normalized spacial score (nSPS) is 10.1. The van der Waals surface area contributed by atoms with Gasteiger partial charge >= 0.3 is 0 Å². The second-order valence-electron chi connectivity index (χ2n) is 3.43. The van der Waals surface area contributed by atoms with Crippen molar-refractivity contribution in [3.63, 3.8) is 0 Å². The van der Waals surface area contributed by atoms with Crippen molar-refractivity contribution in [3.8, 4) is 5.75 Å². The SMILES string of the molecule is C=CCCOc1c(F)cccc1CNCC. The molecule has 0 spiro atoms. The fraction of sp³-hybridized carbons (Fsp3) is 0.385. The summed E-state index contributed by atoms with van der Waals surface area (Å²) in [5.74, 6) is 0.0461. The van der Waals surface area contributed by atoms with Gasteiger partial charge in [-0.15, -0.1) is 6.58 Å². The average molecular weight is 223 g/mol. The van der Waals surface area contributed by atoms with Gasteiger partial charge in [0.05, 0.1) is 6.61 Å². The molecule has 0 aliphatic heterocycles. The maximum Gasteiger partial charge on any atom is 0.165 e. The zero-order valence-corrected chi connectivity index (χ0v) is 9.63. The Labute approximate surface area is 96.1 Å². The van der Waals surface area contributed by atoms with Gasteiger partial charge in [0.25, 0.3) is 0 Å². The van der Waals surface area contributed by atoms with E-state index in [1.165, 1.54) is 6.07 Å². The zero-order chi connectivity index (χ0) is 11.8. The maximum atomic E-state index is 13.5. The molecule has 0 amide bonds. The summed E-state index contributed by atoms with van der Waals surface area (Å²) in [5.41, 5.74) is 0.853. The van der Waals surface area contributed by atoms with Crippen molar-refractivity contribution in [1.82, 2.24) is 5.32 Å². The minimum Gasteiger partial charge on any atom is -0.490 e. The van der Waals surface area contributed by atoms with E-state index >= 15 is 0 Å². The van der Waals surface area contributed by atoms with Gasteiger partial charge in [-0.2, -0.15) is 0 Å². The Morgan fingerprint density at radius 3 is 3.00 bits per heavy atom. The number of rotatable bonds is 7. The van der Waals surface area contributed by atoms with E-state index in [1.54, 1.807) is 12.1 Å². The second-order valence-corrected chi connectivity index (χ2v) is 3.43. The van der Waals surface area contributed by atoms with Crippen molar-refractivity contribution in [1.29, 1.82) is 0 Å². The van der Waals surface area contributed by atoms with Gasteiger partial charge in [0.15, 0.2) is 11.6 Å². The monoisotopic (exact) mass is 223 g/mol. The van der Waals surface area contributed by atoms with Crippen LogP contribution in [0, 0.1) is 5.82 Å². The summed E-state index contributed by atoms with van der Waals surface area (Å²) >= 11 is 0. The third kappa shape index (κ3) is 3.66. The zero-order valence-electron chi connectivity index (χ0n) is 9.63. The molecule has 1 rings (SSSR count). The fourth-order valence-electron chi connectivity index (χ4n) is 1.36. The predicted molar refractivity (Wildman–Crippen MR) is 64.1 cm³/mol. The summed E-state index contributed by atoms with van der Waals surface area (Å²) in [6.07, 6.45) is 2.47. The molecule has 0 aromatic heterocycles. The summed E-state index contributed by atoms with van der Waals surface area (Å²) in [4.78, 5) is 0. The Kier molecular flexibility index (Phi) is 5.57. The van der Waals surface area contributed by atoms with E-state index in [9.17, 15) is 4.39 Å². The molecule has 0 unspecified atom stereocenters. The molecule has 16 heavy (non-hydrogen) atoms. The largest absolute Gasteiger partial charge is 0.490 e. The Morgan fingerprint density at radius 2 is 2.31 bits per heavy atom. The van der Waals surface area contributed by atoms with Gasteiger partial charge < -0.3 is 10.1 Å². The maximum absolute atomic E-state index is 13.5. The van der Waals surface area contributed by atoms with E-state index in [1.807, 2.05) is 13.0 Å². The average Bonchev–Trinajstić information content (AvgIpc) is 2.29.